The maximum absolute atomic E-state index is 15.5. The minimum absolute atomic E-state index is 0.130. The molecule has 4 rings (SSSR count). The molecule has 0 saturated heterocycles. The van der Waals surface area contributed by atoms with Gasteiger partial charge >= 0.3 is 0 Å². The van der Waals surface area contributed by atoms with Gasteiger partial charge < -0.3 is 4.74 Å². The molecule has 0 heterocycles. The van der Waals surface area contributed by atoms with Gasteiger partial charge in [-0.3, -0.25) is 0 Å². The lowest BCUT2D eigenvalue weighted by Gasteiger charge is -2.29. The lowest BCUT2D eigenvalue weighted by molar-refractivity contribution is 0.159. The summed E-state index contributed by atoms with van der Waals surface area (Å²) in [6.07, 6.45) is 3.77. The van der Waals surface area contributed by atoms with E-state index in [-0.39, 0.29) is 29.0 Å². The Balaban J connectivity index is 1.74. The fourth-order valence-corrected chi connectivity index (χ4v) is 4.73. The fourth-order valence-electron chi connectivity index (χ4n) is 4.73. The molecule has 0 aromatic heterocycles. The molecule has 0 amide bonds. The molecule has 2 aliphatic carbocycles. The molecule has 0 radical (unpaired) electrons. The molecule has 0 fully saturated rings. The molecular formula is C26H26F4O. The normalized spacial score (nSPS) is 22.4. The van der Waals surface area contributed by atoms with Crippen LogP contribution < -0.4 is 4.74 Å². The van der Waals surface area contributed by atoms with Gasteiger partial charge in [-0.2, -0.15) is 0 Å². The van der Waals surface area contributed by atoms with E-state index in [1.807, 2.05) is 12.2 Å². The standard InChI is InChI=1S/C26H26F4O/c1-3-5-6-15-7-9-16(10-8-15)17-11-12-18-19-13-14-20(31-4-2)24(28)22(19)26(30)25(29)21(18)23(17)27/h3,9,11-15,25-26H,1,4-8,10H2,2H3. The predicted molar refractivity (Wildman–Crippen MR) is 115 cm³/mol. The number of ether oxygens (including phenoxy) is 1. The molecule has 0 spiro atoms. The second-order valence-corrected chi connectivity index (χ2v) is 8.20. The number of hydrogen-bond donors (Lipinski definition) is 0. The first-order valence-electron chi connectivity index (χ1n) is 10.8. The number of fused-ring (bicyclic) bond motifs is 3. The van der Waals surface area contributed by atoms with Crippen LogP contribution in [0.1, 0.15) is 68.1 Å². The van der Waals surface area contributed by atoms with Gasteiger partial charge in [0.1, 0.15) is 5.82 Å². The van der Waals surface area contributed by atoms with Crippen LogP contribution in [0.3, 0.4) is 0 Å². The molecular weight excluding hydrogens is 404 g/mol. The Morgan fingerprint density at radius 1 is 1.00 bits per heavy atom. The Hall–Kier alpha value is -2.56. The molecule has 0 saturated carbocycles. The van der Waals surface area contributed by atoms with Crippen LogP contribution in [0.15, 0.2) is 43.0 Å². The van der Waals surface area contributed by atoms with E-state index in [1.165, 1.54) is 12.1 Å². The van der Waals surface area contributed by atoms with Gasteiger partial charge in [0.25, 0.3) is 0 Å². The third-order valence-electron chi connectivity index (χ3n) is 6.37. The third kappa shape index (κ3) is 3.79. The maximum Gasteiger partial charge on any atom is 0.171 e. The first-order chi connectivity index (χ1) is 15.0. The second kappa shape index (κ2) is 8.89. The Morgan fingerprint density at radius 3 is 2.26 bits per heavy atom. The summed E-state index contributed by atoms with van der Waals surface area (Å²) in [4.78, 5) is 0. The van der Waals surface area contributed by atoms with Crippen molar-refractivity contribution < 1.29 is 22.3 Å². The highest BCUT2D eigenvalue weighted by Crippen LogP contribution is 2.52. The number of alkyl halides is 2. The number of rotatable bonds is 6. The first-order valence-corrected chi connectivity index (χ1v) is 10.8. The molecule has 2 aromatic rings. The quantitative estimate of drug-likeness (QED) is 0.331. The zero-order valence-electron chi connectivity index (χ0n) is 17.6. The first kappa shape index (κ1) is 21.7. The monoisotopic (exact) mass is 430 g/mol. The summed E-state index contributed by atoms with van der Waals surface area (Å²) in [5.74, 6) is -1.27. The van der Waals surface area contributed by atoms with Gasteiger partial charge in [-0.05, 0) is 67.7 Å². The van der Waals surface area contributed by atoms with Crippen LogP contribution >= 0.6 is 0 Å². The van der Waals surface area contributed by atoms with Crippen molar-refractivity contribution in [2.75, 3.05) is 6.61 Å². The average molecular weight is 430 g/mol. The largest absolute Gasteiger partial charge is 0.491 e. The molecule has 3 atom stereocenters. The van der Waals surface area contributed by atoms with Gasteiger partial charge in [0, 0.05) is 16.7 Å². The molecule has 2 aliphatic rings. The smallest absolute Gasteiger partial charge is 0.171 e. The van der Waals surface area contributed by atoms with Crippen molar-refractivity contribution in [1.82, 2.24) is 0 Å². The topological polar surface area (TPSA) is 9.23 Å². The summed E-state index contributed by atoms with van der Waals surface area (Å²) in [6, 6.07) is 6.04. The van der Waals surface area contributed by atoms with E-state index in [0.29, 0.717) is 17.9 Å². The van der Waals surface area contributed by atoms with Gasteiger partial charge in [0.05, 0.1) is 6.61 Å². The van der Waals surface area contributed by atoms with Crippen LogP contribution in [0.4, 0.5) is 17.6 Å². The molecule has 31 heavy (non-hydrogen) atoms. The Morgan fingerprint density at radius 2 is 1.65 bits per heavy atom. The van der Waals surface area contributed by atoms with Crippen LogP contribution in [-0.4, -0.2) is 6.61 Å². The lowest BCUT2D eigenvalue weighted by Crippen LogP contribution is -2.17. The number of halogens is 4. The summed E-state index contributed by atoms with van der Waals surface area (Å²) in [5.41, 5.74) is 0.771. The Labute approximate surface area is 180 Å². The van der Waals surface area contributed by atoms with Crippen molar-refractivity contribution in [3.8, 4) is 16.9 Å². The highest BCUT2D eigenvalue weighted by molar-refractivity contribution is 5.79. The average Bonchev–Trinajstić information content (AvgIpc) is 2.78. The zero-order valence-corrected chi connectivity index (χ0v) is 17.6. The summed E-state index contributed by atoms with van der Waals surface area (Å²) in [6.45, 7) is 5.62. The summed E-state index contributed by atoms with van der Waals surface area (Å²) < 4.78 is 65.6. The highest BCUT2D eigenvalue weighted by Gasteiger charge is 2.40. The van der Waals surface area contributed by atoms with Crippen molar-refractivity contribution in [2.24, 2.45) is 5.92 Å². The molecule has 5 heteroatoms. The summed E-state index contributed by atoms with van der Waals surface area (Å²) in [5, 5.41) is 0. The molecule has 0 aliphatic heterocycles. The highest BCUT2D eigenvalue weighted by atomic mass is 19.2. The van der Waals surface area contributed by atoms with Crippen molar-refractivity contribution >= 4 is 5.57 Å². The minimum atomic E-state index is -2.30. The lowest BCUT2D eigenvalue weighted by atomic mass is 9.79. The van der Waals surface area contributed by atoms with E-state index in [2.05, 4.69) is 6.58 Å². The fraction of sp³-hybridized carbons (Fsp3) is 0.385. The summed E-state index contributed by atoms with van der Waals surface area (Å²) in [7, 11) is 0. The van der Waals surface area contributed by atoms with Crippen LogP contribution in [0.25, 0.3) is 16.7 Å². The Kier molecular flexibility index (Phi) is 6.22. The van der Waals surface area contributed by atoms with E-state index in [1.54, 1.807) is 19.1 Å². The zero-order chi connectivity index (χ0) is 22.1. The molecule has 1 nitrogen and oxygen atoms in total. The van der Waals surface area contributed by atoms with Gasteiger partial charge in [0.15, 0.2) is 23.9 Å². The molecule has 0 bridgehead atoms. The number of allylic oxidation sites excluding steroid dienone is 3. The summed E-state index contributed by atoms with van der Waals surface area (Å²) >= 11 is 0. The van der Waals surface area contributed by atoms with E-state index < -0.39 is 29.5 Å². The third-order valence-corrected chi connectivity index (χ3v) is 6.37. The van der Waals surface area contributed by atoms with E-state index >= 15 is 8.78 Å². The van der Waals surface area contributed by atoms with Gasteiger partial charge in [-0.1, -0.05) is 30.4 Å². The minimum Gasteiger partial charge on any atom is -0.491 e. The Bertz CT molecular complexity index is 1030. The van der Waals surface area contributed by atoms with Crippen LogP contribution in [0, 0.1) is 17.6 Å². The van der Waals surface area contributed by atoms with E-state index in [4.69, 9.17) is 4.74 Å². The predicted octanol–water partition coefficient (Wildman–Crippen LogP) is 8.22. The van der Waals surface area contributed by atoms with Crippen molar-refractivity contribution in [2.45, 2.75) is 51.4 Å². The van der Waals surface area contributed by atoms with Crippen molar-refractivity contribution in [3.63, 3.8) is 0 Å². The van der Waals surface area contributed by atoms with Gasteiger partial charge in [-0.25, -0.2) is 17.6 Å². The molecule has 0 N–H and O–H groups in total. The van der Waals surface area contributed by atoms with Gasteiger partial charge in [-0.15, -0.1) is 6.58 Å². The van der Waals surface area contributed by atoms with Crippen LogP contribution in [0.5, 0.6) is 5.75 Å². The number of benzene rings is 2. The second-order valence-electron chi connectivity index (χ2n) is 8.20. The SMILES string of the molecule is C=CCCC1CC=C(c2ccc3c(c2F)C(F)C(F)c2c-3ccc(OCC)c2F)CC1. The maximum atomic E-state index is 15.5. The molecule has 2 aromatic carbocycles. The number of hydrogen-bond acceptors (Lipinski definition) is 1. The van der Waals surface area contributed by atoms with Crippen molar-refractivity contribution in [3.05, 3.63) is 71.3 Å². The van der Waals surface area contributed by atoms with E-state index in [9.17, 15) is 8.78 Å². The van der Waals surface area contributed by atoms with E-state index in [0.717, 1.165) is 31.3 Å². The van der Waals surface area contributed by atoms with Crippen LogP contribution in [-0.2, 0) is 0 Å². The van der Waals surface area contributed by atoms with Crippen molar-refractivity contribution in [1.29, 1.82) is 0 Å². The molecule has 164 valence electrons. The molecule has 3 unspecified atom stereocenters. The van der Waals surface area contributed by atoms with Gasteiger partial charge in [0.2, 0.25) is 0 Å². The van der Waals surface area contributed by atoms with Crippen LogP contribution in [0.2, 0.25) is 0 Å².